The van der Waals surface area contributed by atoms with Gasteiger partial charge in [0, 0.05) is 17.5 Å². The van der Waals surface area contributed by atoms with Gasteiger partial charge in [-0.25, -0.2) is 0 Å². The Kier molecular flexibility index (Phi) is 5.05. The van der Waals surface area contributed by atoms with E-state index < -0.39 is 0 Å². The van der Waals surface area contributed by atoms with Gasteiger partial charge in [0.25, 0.3) is 0 Å². The summed E-state index contributed by atoms with van der Waals surface area (Å²) in [5.41, 5.74) is 10.2. The number of phenolic OH excluding ortho intramolecular Hbond substituents is 1. The van der Waals surface area contributed by atoms with Gasteiger partial charge in [0.2, 0.25) is 0 Å². The van der Waals surface area contributed by atoms with E-state index in [1.165, 1.54) is 33.4 Å². The second kappa shape index (κ2) is 6.62. The number of hydrogen-bond acceptors (Lipinski definition) is 1. The molecule has 1 aliphatic carbocycles. The second-order valence-corrected chi connectivity index (χ2v) is 13.4. The van der Waals surface area contributed by atoms with E-state index in [1.54, 1.807) is 0 Å². The summed E-state index contributed by atoms with van der Waals surface area (Å²) < 4.78 is 0. The SMILES string of the molecule is CC(C)(C)c1cc2c(cc1C(C)(C)C)-c1cc(C(C)(C)C)c(C(C)(C)C)c(O)c1C2. The van der Waals surface area contributed by atoms with Crippen LogP contribution in [0, 0.1) is 0 Å². The molecule has 164 valence electrons. The fraction of sp³-hybridized carbons (Fsp3) is 0.586. The Morgan fingerprint density at radius 2 is 1.00 bits per heavy atom. The largest absolute Gasteiger partial charge is 0.507 e. The van der Waals surface area contributed by atoms with Crippen LogP contribution in [0.3, 0.4) is 0 Å². The third kappa shape index (κ3) is 3.81. The smallest absolute Gasteiger partial charge is 0.123 e. The van der Waals surface area contributed by atoms with Crippen LogP contribution in [-0.4, -0.2) is 5.11 Å². The summed E-state index contributed by atoms with van der Waals surface area (Å²) in [6.07, 6.45) is 0.817. The van der Waals surface area contributed by atoms with Crippen molar-refractivity contribution in [2.24, 2.45) is 0 Å². The molecule has 0 heterocycles. The minimum absolute atomic E-state index is 0.0317. The van der Waals surface area contributed by atoms with Gasteiger partial charge in [-0.1, -0.05) is 95.2 Å². The number of benzene rings is 2. The van der Waals surface area contributed by atoms with Crippen molar-refractivity contribution in [1.29, 1.82) is 0 Å². The van der Waals surface area contributed by atoms with E-state index in [9.17, 15) is 5.11 Å². The first kappa shape index (κ1) is 22.9. The van der Waals surface area contributed by atoms with Crippen LogP contribution in [0.4, 0.5) is 0 Å². The summed E-state index contributed by atoms with van der Waals surface area (Å²) >= 11 is 0. The molecule has 0 fully saturated rings. The van der Waals surface area contributed by atoms with E-state index >= 15 is 0 Å². The molecular weight excluding hydrogens is 364 g/mol. The molecule has 1 N–H and O–H groups in total. The van der Waals surface area contributed by atoms with Crippen molar-refractivity contribution < 1.29 is 5.11 Å². The lowest BCUT2D eigenvalue weighted by Crippen LogP contribution is -2.23. The normalized spacial score (nSPS) is 14.7. The Bertz CT molecular complexity index is 993. The summed E-state index contributed by atoms with van der Waals surface area (Å²) in [6.45, 7) is 27.2. The van der Waals surface area contributed by atoms with Crippen LogP contribution in [0.2, 0.25) is 0 Å². The lowest BCUT2D eigenvalue weighted by atomic mass is 9.72. The first-order valence-electron chi connectivity index (χ1n) is 11.4. The predicted molar refractivity (Wildman–Crippen MR) is 131 cm³/mol. The van der Waals surface area contributed by atoms with Gasteiger partial charge in [-0.3, -0.25) is 0 Å². The molecule has 2 aromatic rings. The molecule has 3 rings (SSSR count). The maximum atomic E-state index is 11.5. The standard InChI is InChI=1S/C29H42O/c1-26(2,3)21-14-17-13-20-19(18(17)15-22(21)27(4,5)6)16-23(28(7,8)9)24(25(20)30)29(10,11)12/h14-16,30H,13H2,1-12H3. The van der Waals surface area contributed by atoms with Gasteiger partial charge in [-0.2, -0.15) is 0 Å². The summed E-state index contributed by atoms with van der Waals surface area (Å²) in [4.78, 5) is 0. The van der Waals surface area contributed by atoms with E-state index in [2.05, 4.69) is 101 Å². The number of phenols is 1. The molecule has 30 heavy (non-hydrogen) atoms. The molecule has 1 aliphatic rings. The molecule has 0 radical (unpaired) electrons. The highest BCUT2D eigenvalue weighted by Gasteiger charge is 2.35. The summed E-state index contributed by atoms with van der Waals surface area (Å²) in [6, 6.07) is 7.22. The topological polar surface area (TPSA) is 20.2 Å². The monoisotopic (exact) mass is 406 g/mol. The zero-order chi connectivity index (χ0) is 23.0. The molecule has 0 aliphatic heterocycles. The molecule has 1 nitrogen and oxygen atoms in total. The maximum Gasteiger partial charge on any atom is 0.123 e. The first-order valence-corrected chi connectivity index (χ1v) is 11.4. The number of hydrogen-bond donors (Lipinski definition) is 1. The van der Waals surface area contributed by atoms with Crippen molar-refractivity contribution in [1.82, 2.24) is 0 Å². The summed E-state index contributed by atoms with van der Waals surface area (Å²) in [5, 5.41) is 11.5. The van der Waals surface area contributed by atoms with Crippen LogP contribution < -0.4 is 0 Å². The van der Waals surface area contributed by atoms with Crippen molar-refractivity contribution >= 4 is 0 Å². The van der Waals surface area contributed by atoms with Gasteiger partial charge >= 0.3 is 0 Å². The fourth-order valence-corrected chi connectivity index (χ4v) is 4.95. The molecule has 2 aromatic carbocycles. The molecule has 0 saturated carbocycles. The fourth-order valence-electron chi connectivity index (χ4n) is 4.95. The average molecular weight is 407 g/mol. The van der Waals surface area contributed by atoms with Crippen molar-refractivity contribution in [2.45, 2.75) is 111 Å². The molecule has 0 amide bonds. The molecule has 0 spiro atoms. The molecule has 0 saturated heterocycles. The minimum atomic E-state index is -0.107. The summed E-state index contributed by atoms with van der Waals surface area (Å²) in [7, 11) is 0. The van der Waals surface area contributed by atoms with Crippen molar-refractivity contribution in [3.05, 3.63) is 51.6 Å². The Labute approximate surface area is 184 Å². The highest BCUT2D eigenvalue weighted by atomic mass is 16.3. The van der Waals surface area contributed by atoms with Crippen LogP contribution in [0.25, 0.3) is 11.1 Å². The van der Waals surface area contributed by atoms with Crippen LogP contribution in [0.15, 0.2) is 18.2 Å². The van der Waals surface area contributed by atoms with E-state index in [0.717, 1.165) is 17.5 Å². The zero-order valence-electron chi connectivity index (χ0n) is 21.4. The van der Waals surface area contributed by atoms with Crippen LogP contribution >= 0.6 is 0 Å². The van der Waals surface area contributed by atoms with Crippen LogP contribution in [0.5, 0.6) is 5.75 Å². The lowest BCUT2D eigenvalue weighted by Gasteiger charge is -2.32. The molecule has 0 unspecified atom stereocenters. The Hall–Kier alpha value is -1.76. The van der Waals surface area contributed by atoms with Crippen LogP contribution in [-0.2, 0) is 28.1 Å². The number of aromatic hydroxyl groups is 1. The number of fused-ring (bicyclic) bond motifs is 3. The molecule has 1 heteroatoms. The van der Waals surface area contributed by atoms with E-state index in [-0.39, 0.29) is 21.7 Å². The first-order chi connectivity index (χ1) is 13.3. The van der Waals surface area contributed by atoms with Crippen molar-refractivity contribution in [2.75, 3.05) is 0 Å². The van der Waals surface area contributed by atoms with Gasteiger partial charge in [-0.05, 0) is 61.1 Å². The maximum absolute atomic E-state index is 11.5. The lowest BCUT2D eigenvalue weighted by molar-refractivity contribution is 0.431. The number of rotatable bonds is 0. The highest BCUT2D eigenvalue weighted by Crippen LogP contribution is 2.51. The quantitative estimate of drug-likeness (QED) is 0.399. The molecule has 0 bridgehead atoms. The van der Waals surface area contributed by atoms with Crippen LogP contribution in [0.1, 0.15) is 116 Å². The molecule has 0 atom stereocenters. The average Bonchev–Trinajstić information content (AvgIpc) is 2.88. The second-order valence-electron chi connectivity index (χ2n) is 13.4. The zero-order valence-corrected chi connectivity index (χ0v) is 21.4. The van der Waals surface area contributed by atoms with Crippen molar-refractivity contribution in [3.63, 3.8) is 0 Å². The third-order valence-corrected chi connectivity index (χ3v) is 6.48. The Balaban J connectivity index is 2.38. The minimum Gasteiger partial charge on any atom is -0.507 e. The van der Waals surface area contributed by atoms with Gasteiger partial charge in [0.05, 0.1) is 0 Å². The van der Waals surface area contributed by atoms with E-state index in [4.69, 9.17) is 0 Å². The molecule has 0 aromatic heterocycles. The van der Waals surface area contributed by atoms with E-state index in [0.29, 0.717) is 5.75 Å². The third-order valence-electron chi connectivity index (χ3n) is 6.48. The Morgan fingerprint density at radius 3 is 1.43 bits per heavy atom. The summed E-state index contributed by atoms with van der Waals surface area (Å²) in [5.74, 6) is 0.510. The highest BCUT2D eigenvalue weighted by molar-refractivity contribution is 5.82. The van der Waals surface area contributed by atoms with Gasteiger partial charge < -0.3 is 5.11 Å². The molecular formula is C29H42O. The van der Waals surface area contributed by atoms with E-state index in [1.807, 2.05) is 0 Å². The van der Waals surface area contributed by atoms with Crippen molar-refractivity contribution in [3.8, 4) is 16.9 Å². The van der Waals surface area contributed by atoms with Gasteiger partial charge in [-0.15, -0.1) is 0 Å². The van der Waals surface area contributed by atoms with Gasteiger partial charge in [0.1, 0.15) is 5.75 Å². The van der Waals surface area contributed by atoms with Gasteiger partial charge in [0.15, 0.2) is 0 Å². The Morgan fingerprint density at radius 1 is 0.567 bits per heavy atom. The predicted octanol–water partition coefficient (Wildman–Crippen LogP) is 8.15.